The number of carbonyl (C=O) groups excluding carboxylic acids is 1. The van der Waals surface area contributed by atoms with Gasteiger partial charge in [0.1, 0.15) is 11.4 Å². The van der Waals surface area contributed by atoms with Crippen molar-refractivity contribution in [2.24, 2.45) is 15.3 Å². The van der Waals surface area contributed by atoms with E-state index in [-0.39, 0.29) is 70.6 Å². The monoisotopic (exact) mass is 699 g/mol. The molecule has 3 aromatic carbocycles. The van der Waals surface area contributed by atoms with Crippen LogP contribution in [0.1, 0.15) is 0 Å². The summed E-state index contributed by atoms with van der Waals surface area (Å²) in [5.41, 5.74) is -0.559. The van der Waals surface area contributed by atoms with E-state index in [4.69, 9.17) is 9.47 Å². The maximum Gasteiger partial charge on any atom is 0.301 e. The Labute approximate surface area is 303 Å². The van der Waals surface area contributed by atoms with Gasteiger partial charge in [-0.15, -0.1) is 15.3 Å². The van der Waals surface area contributed by atoms with Gasteiger partial charge in [0.05, 0.1) is 36.2 Å². The molecule has 0 bridgehead atoms. The number of methoxy groups -OCH3 is 2. The first kappa shape index (κ1) is 40.4. The number of amides is 1. The number of hydrogen-bond donors (Lipinski definition) is 4. The molecule has 0 unspecified atom stereocenters. The summed E-state index contributed by atoms with van der Waals surface area (Å²) in [5.74, 6) is -2.68. The molecule has 0 fully saturated rings. The Kier molecular flexibility index (Phi) is 14.8. The molecule has 46 heavy (non-hydrogen) atoms. The van der Waals surface area contributed by atoms with Crippen molar-refractivity contribution in [1.29, 1.82) is 0 Å². The van der Waals surface area contributed by atoms with Crippen molar-refractivity contribution in [2.75, 3.05) is 25.0 Å². The van der Waals surface area contributed by atoms with Crippen molar-refractivity contribution in [3.63, 3.8) is 0 Å². The molecule has 0 aromatic heterocycles. The Balaban J connectivity index is 0.00000529. The number of nitro groups is 2. The Morgan fingerprint density at radius 1 is 0.826 bits per heavy atom. The van der Waals surface area contributed by atoms with Crippen molar-refractivity contribution in [3.8, 4) is 11.5 Å². The fourth-order valence-corrected chi connectivity index (χ4v) is 4.65. The average Bonchev–Trinajstić information content (AvgIpc) is 2.95. The number of anilines is 2. The first-order valence-corrected chi connectivity index (χ1v) is 14.2. The number of azo groups is 1. The third-order valence-electron chi connectivity index (χ3n) is 5.26. The van der Waals surface area contributed by atoms with Gasteiger partial charge in [-0.3, -0.25) is 39.6 Å². The number of nitrogens with zero attached hydrogens (tertiary/aromatic N) is 5. The minimum atomic E-state index is -5.15. The fraction of sp³-hybridized carbons (Fsp3) is 0.0909. The number of nitro benzene ring substituents is 2. The van der Waals surface area contributed by atoms with Gasteiger partial charge in [0.25, 0.3) is 23.1 Å². The van der Waals surface area contributed by atoms with Crippen LogP contribution < -0.4 is 20.2 Å². The number of carbonyl (C=O) groups is 1. The summed E-state index contributed by atoms with van der Waals surface area (Å²) in [5, 5.41) is 36.1. The summed E-state index contributed by atoms with van der Waals surface area (Å²) in [4.78, 5) is 31.2. The van der Waals surface area contributed by atoms with Crippen molar-refractivity contribution in [3.05, 3.63) is 74.8 Å². The minimum absolute atomic E-state index is 0. The second-order valence-electron chi connectivity index (χ2n) is 8.04. The Morgan fingerprint density at radius 2 is 1.33 bits per heavy atom. The number of hydrazone groups is 1. The molecule has 0 atom stereocenters. The number of nitrogens with one attached hydrogen (secondary N) is 2. The molecule has 0 aliphatic rings. The van der Waals surface area contributed by atoms with Gasteiger partial charge < -0.3 is 14.8 Å². The topological polar surface area (TPSA) is 292 Å². The van der Waals surface area contributed by atoms with Crippen LogP contribution in [0.25, 0.3) is 0 Å². The molecule has 0 heterocycles. The van der Waals surface area contributed by atoms with Crippen LogP contribution in [0.15, 0.2) is 79.7 Å². The normalized spacial score (nSPS) is 11.5. The molecule has 3 aromatic rings. The van der Waals surface area contributed by atoms with E-state index in [2.05, 4.69) is 26.1 Å². The molecule has 3 rings (SSSR count). The van der Waals surface area contributed by atoms with E-state index in [9.17, 15) is 51.0 Å². The van der Waals surface area contributed by atoms with E-state index in [1.807, 2.05) is 0 Å². The summed E-state index contributed by atoms with van der Waals surface area (Å²) >= 11 is 0. The zero-order valence-corrected chi connectivity index (χ0v) is 29.8. The number of hydrogen-bond acceptors (Lipinski definition) is 14. The average molecular weight is 700 g/mol. The number of amidine groups is 1. The maximum absolute atomic E-state index is 13.1. The fourth-order valence-electron chi connectivity index (χ4n) is 3.33. The molecule has 0 aliphatic heterocycles. The van der Waals surface area contributed by atoms with Crippen molar-refractivity contribution in [2.45, 2.75) is 9.79 Å². The maximum atomic E-state index is 13.1. The molecule has 4 N–H and O–H groups in total. The van der Waals surface area contributed by atoms with Gasteiger partial charge in [-0.1, -0.05) is 18.2 Å². The van der Waals surface area contributed by atoms with Crippen molar-refractivity contribution < 1.29 is 50.1 Å². The van der Waals surface area contributed by atoms with E-state index < -0.39 is 80.1 Å². The molecule has 234 valence electrons. The van der Waals surface area contributed by atoms with E-state index in [0.29, 0.717) is 24.3 Å². The van der Waals surface area contributed by atoms with Crippen molar-refractivity contribution in [1.82, 2.24) is 0 Å². The molecule has 0 saturated carbocycles. The number of ether oxygens (including phenoxy) is 2. The van der Waals surface area contributed by atoms with Gasteiger partial charge in [-0.05, 0) is 24.3 Å². The van der Waals surface area contributed by atoms with Crippen LogP contribution in [-0.2, 0) is 25.0 Å². The molecule has 0 saturated heterocycles. The Bertz CT molecular complexity index is 1930. The predicted molar refractivity (Wildman–Crippen MR) is 161 cm³/mol. The summed E-state index contributed by atoms with van der Waals surface area (Å²) in [6, 6.07) is 10.2. The van der Waals surface area contributed by atoms with E-state index in [1.165, 1.54) is 12.1 Å². The quantitative estimate of drug-likeness (QED) is 0.0449. The van der Waals surface area contributed by atoms with Gasteiger partial charge in [0, 0.05) is 64.8 Å². The Morgan fingerprint density at radius 3 is 1.80 bits per heavy atom. The number of rotatable bonds is 10. The van der Waals surface area contributed by atoms with Crippen LogP contribution in [0, 0.1) is 20.2 Å². The molecule has 2 radical (unpaired) electrons. The SMILES string of the molecule is COc1cc([N+](=O)[O-])c(S(=O)(=O)O)cc1N=N/C(=N/Nc1cc(S(=O)(=O)O)c([N+](=O)[O-])cc1OC)C(=O)Nc1ccccc1.[Na].[Na]. The van der Waals surface area contributed by atoms with Gasteiger partial charge in [-0.25, -0.2) is 0 Å². The van der Waals surface area contributed by atoms with Gasteiger partial charge in [0.2, 0.25) is 0 Å². The molecule has 1 amide bonds. The van der Waals surface area contributed by atoms with Crippen LogP contribution in [0.2, 0.25) is 0 Å². The molecular formula is C22H19N7Na2O13S2. The van der Waals surface area contributed by atoms with E-state index in [0.717, 1.165) is 14.2 Å². The van der Waals surface area contributed by atoms with Gasteiger partial charge >= 0.3 is 20.2 Å². The van der Waals surface area contributed by atoms with Crippen LogP contribution in [0.5, 0.6) is 11.5 Å². The number of para-hydroxylation sites is 1. The first-order chi connectivity index (χ1) is 20.6. The zero-order chi connectivity index (χ0) is 32.8. The third-order valence-corrected chi connectivity index (χ3v) is 7.03. The molecule has 24 heteroatoms. The van der Waals surface area contributed by atoms with E-state index >= 15 is 0 Å². The molecule has 0 spiro atoms. The molecule has 20 nitrogen and oxygen atoms in total. The summed E-state index contributed by atoms with van der Waals surface area (Å²) in [6.07, 6.45) is 0. The van der Waals surface area contributed by atoms with Crippen LogP contribution >= 0.6 is 0 Å². The minimum Gasteiger partial charge on any atom is -0.494 e. The third kappa shape index (κ3) is 10.2. The molecule has 0 aliphatic carbocycles. The second kappa shape index (κ2) is 16.8. The second-order valence-corrected chi connectivity index (χ2v) is 10.8. The first-order valence-electron chi connectivity index (χ1n) is 11.4. The van der Waals surface area contributed by atoms with E-state index in [1.54, 1.807) is 18.2 Å². The summed E-state index contributed by atoms with van der Waals surface area (Å²) < 4.78 is 76.0. The van der Waals surface area contributed by atoms with Gasteiger partial charge in [0.15, 0.2) is 21.3 Å². The smallest absolute Gasteiger partial charge is 0.301 e. The molecular weight excluding hydrogens is 680 g/mol. The predicted octanol–water partition coefficient (Wildman–Crippen LogP) is 2.40. The van der Waals surface area contributed by atoms with Crippen molar-refractivity contribution >= 4 is 120 Å². The Hall–Kier alpha value is -3.58. The summed E-state index contributed by atoms with van der Waals surface area (Å²) in [7, 11) is -8.17. The van der Waals surface area contributed by atoms with Crippen LogP contribution in [-0.4, -0.2) is 121 Å². The largest absolute Gasteiger partial charge is 0.494 e. The van der Waals surface area contributed by atoms with Crippen LogP contribution in [0.4, 0.5) is 28.4 Å². The van der Waals surface area contributed by atoms with Gasteiger partial charge in [-0.2, -0.15) is 16.8 Å². The zero-order valence-electron chi connectivity index (χ0n) is 24.1. The summed E-state index contributed by atoms with van der Waals surface area (Å²) in [6.45, 7) is 0. The number of benzene rings is 3. The standard InChI is InChI=1S/C22H19N7O13S2.2Na/c1-41-17-10-15(28(31)32)19(43(35,36)37)8-13(17)24-26-21(22(30)23-12-6-4-3-5-7-12)27-25-14-9-20(44(38,39)40)16(29(33)34)11-18(14)42-2;;/h3-11,24H,1-2H3,(H,23,30)(H,35,36,37)(H,38,39,40);;/b26-21+,27-25?;;. The van der Waals surface area contributed by atoms with Crippen LogP contribution in [0.3, 0.4) is 0 Å².